The van der Waals surface area contributed by atoms with E-state index in [2.05, 4.69) is 15.4 Å². The summed E-state index contributed by atoms with van der Waals surface area (Å²) in [7, 11) is 0. The number of aromatic nitrogens is 3. The summed E-state index contributed by atoms with van der Waals surface area (Å²) in [4.78, 5) is 16.4. The van der Waals surface area contributed by atoms with Gasteiger partial charge in [-0.05, 0) is 29.2 Å². The molecule has 3 aromatic rings. The molecule has 0 saturated carbocycles. The van der Waals surface area contributed by atoms with Crippen LogP contribution in [0.3, 0.4) is 0 Å². The highest BCUT2D eigenvalue weighted by atomic mass is 16.3. The van der Waals surface area contributed by atoms with Crippen molar-refractivity contribution in [2.75, 3.05) is 6.54 Å². The van der Waals surface area contributed by atoms with Crippen molar-refractivity contribution in [3.05, 3.63) is 83.4 Å². The van der Waals surface area contributed by atoms with Crippen LogP contribution < -0.4 is 5.32 Å². The van der Waals surface area contributed by atoms with Gasteiger partial charge in [0.1, 0.15) is 12.7 Å². The molecular weight excluding hydrogens is 316 g/mol. The topological polar surface area (TPSA) is 80.0 Å². The molecule has 0 atom stereocenters. The van der Waals surface area contributed by atoms with E-state index >= 15 is 0 Å². The Morgan fingerprint density at radius 1 is 1.08 bits per heavy atom. The minimum atomic E-state index is -0.0947. The second-order valence-electron chi connectivity index (χ2n) is 5.73. The molecule has 25 heavy (non-hydrogen) atoms. The number of nitrogens with zero attached hydrogens (tertiary/aromatic N) is 3. The van der Waals surface area contributed by atoms with Crippen LogP contribution in [-0.4, -0.2) is 32.3 Å². The molecule has 0 aliphatic carbocycles. The fourth-order valence-electron chi connectivity index (χ4n) is 2.60. The van der Waals surface area contributed by atoms with E-state index in [0.29, 0.717) is 18.7 Å². The number of hydrogen-bond donors (Lipinski definition) is 2. The minimum absolute atomic E-state index is 0.0412. The molecule has 0 unspecified atom stereocenters. The lowest BCUT2D eigenvalue weighted by atomic mass is 10.1. The fourth-order valence-corrected chi connectivity index (χ4v) is 2.60. The van der Waals surface area contributed by atoms with Crippen molar-refractivity contribution in [1.82, 2.24) is 20.1 Å². The Hall–Kier alpha value is -2.99. The molecule has 1 aromatic heterocycles. The SMILES string of the molecule is O=C(NCCc1ccc(CO)cc1)c1ccccc1Cn1cncn1. The van der Waals surface area contributed by atoms with Gasteiger partial charge in [-0.2, -0.15) is 5.10 Å². The van der Waals surface area contributed by atoms with Gasteiger partial charge in [0.05, 0.1) is 13.2 Å². The number of carbonyl (C=O) groups excluding carboxylic acids is 1. The maximum Gasteiger partial charge on any atom is 0.251 e. The molecule has 2 N–H and O–H groups in total. The quantitative estimate of drug-likeness (QED) is 0.689. The minimum Gasteiger partial charge on any atom is -0.392 e. The summed E-state index contributed by atoms with van der Waals surface area (Å²) < 4.78 is 1.69. The van der Waals surface area contributed by atoms with Gasteiger partial charge in [-0.25, -0.2) is 9.67 Å². The van der Waals surface area contributed by atoms with E-state index in [4.69, 9.17) is 5.11 Å². The number of hydrogen-bond acceptors (Lipinski definition) is 4. The van der Waals surface area contributed by atoms with E-state index in [1.54, 1.807) is 11.0 Å². The number of rotatable bonds is 7. The Morgan fingerprint density at radius 2 is 1.84 bits per heavy atom. The molecule has 1 heterocycles. The highest BCUT2D eigenvalue weighted by molar-refractivity contribution is 5.95. The predicted octanol–water partition coefficient (Wildman–Crippen LogP) is 1.79. The van der Waals surface area contributed by atoms with Gasteiger partial charge in [-0.1, -0.05) is 42.5 Å². The fraction of sp³-hybridized carbons (Fsp3) is 0.211. The van der Waals surface area contributed by atoms with Crippen LogP contribution in [0.1, 0.15) is 27.0 Å². The third-order valence-corrected chi connectivity index (χ3v) is 3.97. The molecular formula is C19H20N4O2. The van der Waals surface area contributed by atoms with E-state index in [1.807, 2.05) is 48.5 Å². The molecule has 0 fully saturated rings. The maximum atomic E-state index is 12.5. The molecule has 3 rings (SSSR count). The Morgan fingerprint density at radius 3 is 2.56 bits per heavy atom. The first-order chi connectivity index (χ1) is 12.3. The van der Waals surface area contributed by atoms with Crippen molar-refractivity contribution in [3.8, 4) is 0 Å². The molecule has 6 heteroatoms. The van der Waals surface area contributed by atoms with Crippen LogP contribution in [0.2, 0.25) is 0 Å². The predicted molar refractivity (Wildman–Crippen MR) is 94.0 cm³/mol. The Labute approximate surface area is 146 Å². The average Bonchev–Trinajstić information content (AvgIpc) is 3.16. The third-order valence-electron chi connectivity index (χ3n) is 3.97. The van der Waals surface area contributed by atoms with Crippen LogP contribution >= 0.6 is 0 Å². The molecule has 1 amide bonds. The number of amides is 1. The lowest BCUT2D eigenvalue weighted by molar-refractivity contribution is 0.0953. The number of aliphatic hydroxyl groups excluding tert-OH is 1. The van der Waals surface area contributed by atoms with E-state index in [0.717, 1.165) is 23.1 Å². The zero-order valence-electron chi connectivity index (χ0n) is 13.8. The second kappa shape index (κ2) is 8.21. The van der Waals surface area contributed by atoms with Crippen molar-refractivity contribution >= 4 is 5.91 Å². The van der Waals surface area contributed by atoms with E-state index in [-0.39, 0.29) is 12.5 Å². The van der Waals surface area contributed by atoms with Gasteiger partial charge in [0.2, 0.25) is 0 Å². The summed E-state index contributed by atoms with van der Waals surface area (Å²) in [5.74, 6) is -0.0947. The van der Waals surface area contributed by atoms with Crippen LogP contribution in [0.15, 0.2) is 61.2 Å². The Kier molecular flexibility index (Phi) is 5.53. The molecule has 0 aliphatic heterocycles. The van der Waals surface area contributed by atoms with Gasteiger partial charge in [-0.15, -0.1) is 0 Å². The second-order valence-corrected chi connectivity index (χ2v) is 5.73. The maximum absolute atomic E-state index is 12.5. The van der Waals surface area contributed by atoms with Crippen molar-refractivity contribution in [2.45, 2.75) is 19.6 Å². The van der Waals surface area contributed by atoms with Crippen LogP contribution in [0, 0.1) is 0 Å². The van der Waals surface area contributed by atoms with Gasteiger partial charge >= 0.3 is 0 Å². The molecule has 2 aromatic carbocycles. The van der Waals surface area contributed by atoms with Gasteiger partial charge in [0.15, 0.2) is 0 Å². The molecule has 0 spiro atoms. The van der Waals surface area contributed by atoms with Crippen molar-refractivity contribution in [1.29, 1.82) is 0 Å². The number of nitrogens with one attached hydrogen (secondary N) is 1. The zero-order valence-corrected chi connectivity index (χ0v) is 13.8. The highest BCUT2D eigenvalue weighted by Crippen LogP contribution is 2.10. The molecule has 0 radical (unpaired) electrons. The van der Waals surface area contributed by atoms with Crippen molar-refractivity contribution < 1.29 is 9.90 Å². The lowest BCUT2D eigenvalue weighted by Crippen LogP contribution is -2.27. The summed E-state index contributed by atoms with van der Waals surface area (Å²) in [5, 5.41) is 16.1. The largest absolute Gasteiger partial charge is 0.392 e. The summed E-state index contributed by atoms with van der Waals surface area (Å²) >= 11 is 0. The molecule has 0 aliphatic rings. The lowest BCUT2D eigenvalue weighted by Gasteiger charge is -2.10. The summed E-state index contributed by atoms with van der Waals surface area (Å²) in [6.45, 7) is 1.10. The number of aliphatic hydroxyl groups is 1. The first-order valence-electron chi connectivity index (χ1n) is 8.13. The van der Waals surface area contributed by atoms with Gasteiger partial charge in [0, 0.05) is 12.1 Å². The smallest absolute Gasteiger partial charge is 0.251 e. The normalized spacial score (nSPS) is 10.6. The van der Waals surface area contributed by atoms with Gasteiger partial charge in [-0.3, -0.25) is 4.79 Å². The summed E-state index contributed by atoms with van der Waals surface area (Å²) in [6.07, 6.45) is 3.85. The van der Waals surface area contributed by atoms with Crippen LogP contribution in [-0.2, 0) is 19.6 Å². The number of carbonyl (C=O) groups is 1. The summed E-state index contributed by atoms with van der Waals surface area (Å²) in [6, 6.07) is 15.2. The van der Waals surface area contributed by atoms with E-state index in [1.165, 1.54) is 6.33 Å². The Balaban J connectivity index is 1.59. The average molecular weight is 336 g/mol. The van der Waals surface area contributed by atoms with Gasteiger partial charge < -0.3 is 10.4 Å². The van der Waals surface area contributed by atoms with Crippen molar-refractivity contribution in [3.63, 3.8) is 0 Å². The standard InChI is InChI=1S/C19H20N4O2/c24-12-16-7-5-15(6-8-16)9-10-21-19(25)18-4-2-1-3-17(18)11-23-14-20-13-22-23/h1-8,13-14,24H,9-12H2,(H,21,25). The Bertz CT molecular complexity index is 814. The first kappa shape index (κ1) is 16.9. The molecule has 128 valence electrons. The first-order valence-corrected chi connectivity index (χ1v) is 8.13. The zero-order chi connectivity index (χ0) is 17.5. The third kappa shape index (κ3) is 4.51. The van der Waals surface area contributed by atoms with E-state index in [9.17, 15) is 4.79 Å². The molecule has 6 nitrogen and oxygen atoms in total. The number of benzene rings is 2. The van der Waals surface area contributed by atoms with Gasteiger partial charge in [0.25, 0.3) is 5.91 Å². The van der Waals surface area contributed by atoms with Crippen LogP contribution in [0.5, 0.6) is 0 Å². The highest BCUT2D eigenvalue weighted by Gasteiger charge is 2.11. The van der Waals surface area contributed by atoms with Crippen LogP contribution in [0.4, 0.5) is 0 Å². The van der Waals surface area contributed by atoms with Crippen LogP contribution in [0.25, 0.3) is 0 Å². The molecule has 0 bridgehead atoms. The molecule has 0 saturated heterocycles. The summed E-state index contributed by atoms with van der Waals surface area (Å²) in [5.41, 5.74) is 3.55. The monoisotopic (exact) mass is 336 g/mol. The van der Waals surface area contributed by atoms with E-state index < -0.39 is 0 Å². The van der Waals surface area contributed by atoms with Crippen molar-refractivity contribution in [2.24, 2.45) is 0 Å².